The highest BCUT2D eigenvalue weighted by Crippen LogP contribution is 2.12. The van der Waals surface area contributed by atoms with Crippen LogP contribution in [0.1, 0.15) is 5.56 Å². The molecule has 106 valence electrons. The Labute approximate surface area is 125 Å². The summed E-state index contributed by atoms with van der Waals surface area (Å²) < 4.78 is 0. The lowest BCUT2D eigenvalue weighted by Crippen LogP contribution is -2.09. The van der Waals surface area contributed by atoms with Gasteiger partial charge in [0.1, 0.15) is 12.0 Å². The SMILES string of the molecule is O=C(C=Cc1ccc(Cl)cc1)Nc1ccc([N+](=O)[O-])cn1. The average Bonchev–Trinajstić information content (AvgIpc) is 2.47. The number of carbonyl (C=O) groups is 1. The molecule has 0 aliphatic rings. The molecule has 1 N–H and O–H groups in total. The number of nitrogens with one attached hydrogen (secondary N) is 1. The molecule has 0 fully saturated rings. The van der Waals surface area contributed by atoms with Crippen molar-refractivity contribution in [1.82, 2.24) is 4.98 Å². The monoisotopic (exact) mass is 303 g/mol. The van der Waals surface area contributed by atoms with Crippen molar-refractivity contribution in [3.8, 4) is 0 Å². The number of nitrogens with zero attached hydrogens (tertiary/aromatic N) is 2. The number of pyridine rings is 1. The van der Waals surface area contributed by atoms with Gasteiger partial charge in [-0.15, -0.1) is 0 Å². The van der Waals surface area contributed by atoms with E-state index in [1.54, 1.807) is 30.3 Å². The molecule has 0 bridgehead atoms. The van der Waals surface area contributed by atoms with Gasteiger partial charge in [0.25, 0.3) is 5.69 Å². The van der Waals surface area contributed by atoms with E-state index in [-0.39, 0.29) is 17.4 Å². The van der Waals surface area contributed by atoms with E-state index in [9.17, 15) is 14.9 Å². The first-order chi connectivity index (χ1) is 10.0. The molecule has 0 saturated heterocycles. The molecule has 0 saturated carbocycles. The minimum atomic E-state index is -0.557. The standard InChI is InChI=1S/C14H10ClN3O3/c15-11-4-1-10(2-5-11)3-8-14(19)17-13-7-6-12(9-16-13)18(20)21/h1-9H,(H,16,17,19). The minimum absolute atomic E-state index is 0.135. The maximum absolute atomic E-state index is 11.7. The summed E-state index contributed by atoms with van der Waals surface area (Å²) in [6, 6.07) is 9.62. The van der Waals surface area contributed by atoms with Crippen molar-refractivity contribution in [2.75, 3.05) is 5.32 Å². The fourth-order valence-electron chi connectivity index (χ4n) is 1.48. The zero-order chi connectivity index (χ0) is 15.2. The van der Waals surface area contributed by atoms with Gasteiger partial charge in [-0.25, -0.2) is 4.98 Å². The largest absolute Gasteiger partial charge is 0.307 e. The Kier molecular flexibility index (Phi) is 4.63. The highest BCUT2D eigenvalue weighted by atomic mass is 35.5. The molecule has 0 radical (unpaired) electrons. The fourth-order valence-corrected chi connectivity index (χ4v) is 1.61. The Hall–Kier alpha value is -2.73. The lowest BCUT2D eigenvalue weighted by atomic mass is 10.2. The average molecular weight is 304 g/mol. The van der Waals surface area contributed by atoms with Crippen molar-refractivity contribution in [1.29, 1.82) is 0 Å². The number of amides is 1. The summed E-state index contributed by atoms with van der Waals surface area (Å²) in [6.07, 6.45) is 4.04. The van der Waals surface area contributed by atoms with Crippen molar-refractivity contribution in [2.45, 2.75) is 0 Å². The molecule has 7 heteroatoms. The van der Waals surface area contributed by atoms with Crippen LogP contribution < -0.4 is 5.32 Å². The van der Waals surface area contributed by atoms with Crippen LogP contribution in [0.4, 0.5) is 11.5 Å². The van der Waals surface area contributed by atoms with Gasteiger partial charge in [0, 0.05) is 17.2 Å². The number of halogens is 1. The van der Waals surface area contributed by atoms with Gasteiger partial charge in [-0.05, 0) is 29.8 Å². The molecule has 1 aromatic carbocycles. The second kappa shape index (κ2) is 6.62. The number of hydrogen-bond acceptors (Lipinski definition) is 4. The van der Waals surface area contributed by atoms with E-state index in [1.807, 2.05) is 0 Å². The summed E-state index contributed by atoms with van der Waals surface area (Å²) in [4.78, 5) is 25.4. The molecule has 0 spiro atoms. The molecule has 0 aliphatic carbocycles. The van der Waals surface area contributed by atoms with Crippen LogP contribution in [0.2, 0.25) is 5.02 Å². The third-order valence-corrected chi connectivity index (χ3v) is 2.76. The van der Waals surface area contributed by atoms with Gasteiger partial charge in [0.2, 0.25) is 5.91 Å². The lowest BCUT2D eigenvalue weighted by Gasteiger charge is -2.00. The Morgan fingerprint density at radius 1 is 1.24 bits per heavy atom. The molecule has 1 aromatic heterocycles. The van der Waals surface area contributed by atoms with Gasteiger partial charge in [-0.1, -0.05) is 23.7 Å². The number of anilines is 1. The van der Waals surface area contributed by atoms with Crippen LogP contribution >= 0.6 is 11.6 Å². The minimum Gasteiger partial charge on any atom is -0.307 e. The summed E-state index contributed by atoms with van der Waals surface area (Å²) in [5, 5.41) is 13.6. The summed E-state index contributed by atoms with van der Waals surface area (Å²) in [7, 11) is 0. The smallest absolute Gasteiger partial charge is 0.287 e. The van der Waals surface area contributed by atoms with E-state index in [0.29, 0.717) is 5.02 Å². The number of aromatic nitrogens is 1. The molecule has 2 rings (SSSR count). The molecule has 1 amide bonds. The quantitative estimate of drug-likeness (QED) is 0.533. The van der Waals surface area contributed by atoms with E-state index in [2.05, 4.69) is 10.3 Å². The number of benzene rings is 1. The van der Waals surface area contributed by atoms with Crippen molar-refractivity contribution in [2.24, 2.45) is 0 Å². The Morgan fingerprint density at radius 2 is 1.95 bits per heavy atom. The molecular weight excluding hydrogens is 294 g/mol. The summed E-state index contributed by atoms with van der Waals surface area (Å²) in [6.45, 7) is 0. The van der Waals surface area contributed by atoms with Gasteiger partial charge in [-0.2, -0.15) is 0 Å². The molecule has 0 atom stereocenters. The molecule has 0 unspecified atom stereocenters. The van der Waals surface area contributed by atoms with Gasteiger partial charge in [-0.3, -0.25) is 14.9 Å². The van der Waals surface area contributed by atoms with Crippen LogP contribution in [0.15, 0.2) is 48.7 Å². The normalized spacial score (nSPS) is 10.5. The highest BCUT2D eigenvalue weighted by molar-refractivity contribution is 6.30. The molecule has 21 heavy (non-hydrogen) atoms. The molecule has 6 nitrogen and oxygen atoms in total. The number of carbonyl (C=O) groups excluding carboxylic acids is 1. The van der Waals surface area contributed by atoms with Gasteiger partial charge >= 0.3 is 0 Å². The first-order valence-electron chi connectivity index (χ1n) is 5.90. The fraction of sp³-hybridized carbons (Fsp3) is 0. The second-order valence-corrected chi connectivity index (χ2v) is 4.47. The molecule has 1 heterocycles. The Bertz CT molecular complexity index is 682. The van der Waals surface area contributed by atoms with Crippen LogP contribution in [-0.2, 0) is 4.79 Å². The predicted molar refractivity (Wildman–Crippen MR) is 80.0 cm³/mol. The van der Waals surface area contributed by atoms with Crippen molar-refractivity contribution < 1.29 is 9.72 Å². The molecule has 0 aliphatic heterocycles. The number of nitro groups is 1. The van der Waals surface area contributed by atoms with Crippen molar-refractivity contribution >= 4 is 35.1 Å². The van der Waals surface area contributed by atoms with Crippen LogP contribution in [0, 0.1) is 10.1 Å². The molecule has 2 aromatic rings. The summed E-state index contributed by atoms with van der Waals surface area (Å²) in [5.41, 5.74) is 0.691. The van der Waals surface area contributed by atoms with Gasteiger partial charge in [0.05, 0.1) is 4.92 Å². The van der Waals surface area contributed by atoms with E-state index in [1.165, 1.54) is 18.2 Å². The van der Waals surface area contributed by atoms with Gasteiger partial charge < -0.3 is 5.32 Å². The molecular formula is C14H10ClN3O3. The summed E-state index contributed by atoms with van der Waals surface area (Å²) in [5.74, 6) is -0.141. The van der Waals surface area contributed by atoms with E-state index in [0.717, 1.165) is 11.8 Å². The van der Waals surface area contributed by atoms with E-state index in [4.69, 9.17) is 11.6 Å². The van der Waals surface area contributed by atoms with Crippen molar-refractivity contribution in [3.05, 3.63) is 69.4 Å². The predicted octanol–water partition coefficient (Wildman–Crippen LogP) is 3.30. The maximum atomic E-state index is 11.7. The van der Waals surface area contributed by atoms with E-state index < -0.39 is 4.92 Å². The number of hydrogen-bond donors (Lipinski definition) is 1. The first-order valence-corrected chi connectivity index (χ1v) is 6.27. The second-order valence-electron chi connectivity index (χ2n) is 4.03. The van der Waals surface area contributed by atoms with Crippen LogP contribution in [-0.4, -0.2) is 15.8 Å². The highest BCUT2D eigenvalue weighted by Gasteiger charge is 2.06. The van der Waals surface area contributed by atoms with Crippen molar-refractivity contribution in [3.63, 3.8) is 0 Å². The zero-order valence-electron chi connectivity index (χ0n) is 10.7. The lowest BCUT2D eigenvalue weighted by molar-refractivity contribution is -0.385. The zero-order valence-corrected chi connectivity index (χ0v) is 11.4. The Balaban J connectivity index is 1.98. The van der Waals surface area contributed by atoms with Crippen LogP contribution in [0.3, 0.4) is 0 Å². The first kappa shape index (κ1) is 14.7. The number of rotatable bonds is 4. The third kappa shape index (κ3) is 4.39. The maximum Gasteiger partial charge on any atom is 0.287 e. The topological polar surface area (TPSA) is 85.1 Å². The summed E-state index contributed by atoms with van der Waals surface area (Å²) >= 11 is 5.76. The van der Waals surface area contributed by atoms with Crippen LogP contribution in [0.25, 0.3) is 6.08 Å². The third-order valence-electron chi connectivity index (χ3n) is 2.51. The van der Waals surface area contributed by atoms with Crippen LogP contribution in [0.5, 0.6) is 0 Å². The Morgan fingerprint density at radius 3 is 2.52 bits per heavy atom. The van der Waals surface area contributed by atoms with Gasteiger partial charge in [0.15, 0.2) is 0 Å². The van der Waals surface area contributed by atoms with E-state index >= 15 is 0 Å².